The van der Waals surface area contributed by atoms with Gasteiger partial charge in [0.2, 0.25) is 0 Å². The van der Waals surface area contributed by atoms with Gasteiger partial charge >= 0.3 is 0 Å². The molecule has 5 rings (SSSR count). The lowest BCUT2D eigenvalue weighted by molar-refractivity contribution is 0.0950. The Kier molecular flexibility index (Phi) is 5.25. The van der Waals surface area contributed by atoms with Crippen molar-refractivity contribution in [3.05, 3.63) is 54.0 Å². The summed E-state index contributed by atoms with van der Waals surface area (Å²) in [4.78, 5) is 19.4. The van der Waals surface area contributed by atoms with Crippen molar-refractivity contribution in [2.45, 2.75) is 50.4 Å². The van der Waals surface area contributed by atoms with Crippen LogP contribution in [0.3, 0.4) is 0 Å². The second-order valence-corrected chi connectivity index (χ2v) is 9.22. The Labute approximate surface area is 180 Å². The summed E-state index contributed by atoms with van der Waals surface area (Å²) in [7, 11) is 0. The number of anilines is 2. The fraction of sp³-hybridized carbons (Fsp3) is 0.409. The second kappa shape index (κ2) is 8.18. The van der Waals surface area contributed by atoms with Gasteiger partial charge in [0.1, 0.15) is 0 Å². The highest BCUT2D eigenvalue weighted by Gasteiger charge is 2.23. The number of hydrogen-bond acceptors (Lipinski definition) is 6. The van der Waals surface area contributed by atoms with Crippen LogP contribution in [0, 0.1) is 0 Å². The van der Waals surface area contributed by atoms with Crippen molar-refractivity contribution in [1.82, 2.24) is 19.9 Å². The Morgan fingerprint density at radius 3 is 2.93 bits per heavy atom. The van der Waals surface area contributed by atoms with Crippen LogP contribution >= 0.6 is 11.9 Å². The maximum atomic E-state index is 12.7. The molecule has 3 aromatic heterocycles. The summed E-state index contributed by atoms with van der Waals surface area (Å²) in [5.41, 5.74) is 3.43. The van der Waals surface area contributed by atoms with E-state index in [-0.39, 0.29) is 5.91 Å². The first-order valence-electron chi connectivity index (χ1n) is 10.6. The maximum Gasteiger partial charge on any atom is 0.253 e. The number of nitrogens with zero attached hydrogens (tertiary/aromatic N) is 4. The number of nitrogens with one attached hydrogen (secondary N) is 2. The van der Waals surface area contributed by atoms with Gasteiger partial charge in [-0.3, -0.25) is 9.78 Å². The molecule has 1 aliphatic carbocycles. The Morgan fingerprint density at radius 1 is 1.23 bits per heavy atom. The maximum absolute atomic E-state index is 12.7. The molecule has 0 bridgehead atoms. The molecule has 4 heterocycles. The molecule has 0 aromatic carbocycles. The van der Waals surface area contributed by atoms with Crippen molar-refractivity contribution >= 4 is 34.9 Å². The van der Waals surface area contributed by atoms with E-state index in [0.29, 0.717) is 18.2 Å². The zero-order valence-electron chi connectivity index (χ0n) is 17.0. The zero-order valence-corrected chi connectivity index (χ0v) is 17.9. The zero-order chi connectivity index (χ0) is 20.5. The Hall–Kier alpha value is -2.74. The molecule has 2 N–H and O–H groups in total. The van der Waals surface area contributed by atoms with Gasteiger partial charge in [-0.25, -0.2) is 4.52 Å². The van der Waals surface area contributed by atoms with Gasteiger partial charge in [-0.05, 0) is 68.8 Å². The molecule has 0 spiro atoms. The van der Waals surface area contributed by atoms with Gasteiger partial charge in [-0.15, -0.1) is 0 Å². The lowest BCUT2D eigenvalue weighted by Crippen LogP contribution is -2.26. The number of pyridine rings is 2. The molecule has 30 heavy (non-hydrogen) atoms. The van der Waals surface area contributed by atoms with E-state index in [9.17, 15) is 4.79 Å². The van der Waals surface area contributed by atoms with Crippen molar-refractivity contribution in [3.8, 4) is 0 Å². The first-order valence-corrected chi connectivity index (χ1v) is 11.4. The molecule has 1 amide bonds. The lowest BCUT2D eigenvalue weighted by atomic mass is 10.2. The van der Waals surface area contributed by atoms with Crippen LogP contribution in [0.25, 0.3) is 5.52 Å². The fourth-order valence-corrected chi connectivity index (χ4v) is 4.57. The van der Waals surface area contributed by atoms with E-state index in [4.69, 9.17) is 5.10 Å². The summed E-state index contributed by atoms with van der Waals surface area (Å²) in [6.07, 6.45) is 8.54. The first kappa shape index (κ1) is 19.2. The Bertz CT molecular complexity index is 1060. The molecule has 1 unspecified atom stereocenters. The lowest BCUT2D eigenvalue weighted by Gasteiger charge is -2.20. The van der Waals surface area contributed by atoms with Crippen LogP contribution in [0.4, 0.5) is 11.5 Å². The predicted octanol–water partition coefficient (Wildman–Crippen LogP) is 3.87. The number of hydrogen-bond donors (Lipinski definition) is 2. The fourth-order valence-electron chi connectivity index (χ4n) is 3.77. The molecule has 1 atom stereocenters. The third-order valence-electron chi connectivity index (χ3n) is 5.67. The molecular formula is C22H26N6OS. The highest BCUT2D eigenvalue weighted by molar-refractivity contribution is 8.01. The summed E-state index contributed by atoms with van der Waals surface area (Å²) >= 11 is 1.76. The van der Waals surface area contributed by atoms with Crippen molar-refractivity contribution in [1.29, 1.82) is 0 Å². The van der Waals surface area contributed by atoms with E-state index in [1.807, 2.05) is 24.3 Å². The highest BCUT2D eigenvalue weighted by Crippen LogP contribution is 2.34. The summed E-state index contributed by atoms with van der Waals surface area (Å²) in [5, 5.41) is 8.39. The molecular weight excluding hydrogens is 396 g/mol. The summed E-state index contributed by atoms with van der Waals surface area (Å²) in [6, 6.07) is 10.3. The van der Waals surface area contributed by atoms with Crippen LogP contribution in [0.2, 0.25) is 0 Å². The van der Waals surface area contributed by atoms with E-state index >= 15 is 0 Å². The van der Waals surface area contributed by atoms with Gasteiger partial charge in [0.25, 0.3) is 5.91 Å². The summed E-state index contributed by atoms with van der Waals surface area (Å²) in [5.74, 6) is 0.853. The second-order valence-electron chi connectivity index (χ2n) is 8.11. The van der Waals surface area contributed by atoms with E-state index in [1.54, 1.807) is 28.9 Å². The van der Waals surface area contributed by atoms with Gasteiger partial charge < -0.3 is 14.9 Å². The van der Waals surface area contributed by atoms with Crippen LogP contribution in [-0.2, 0) is 6.54 Å². The number of fused-ring (bicyclic) bond motifs is 1. The third kappa shape index (κ3) is 4.23. The van der Waals surface area contributed by atoms with Gasteiger partial charge in [0.15, 0.2) is 5.82 Å². The standard InChI is InChI=1S/C22H26N6OS/c1-15-3-2-10-27(15)21-12-19-5-4-16(14-28(19)25-21)22(29)24-13-18-11-17(8-9-23-18)26-30-20-6-7-20/h4-5,8-9,11-12,14-15,20H,2-3,6-7,10,13H2,1H3,(H,23,26)(H,24,29). The van der Waals surface area contributed by atoms with Crippen LogP contribution in [-0.4, -0.2) is 38.3 Å². The van der Waals surface area contributed by atoms with Crippen LogP contribution in [0.15, 0.2) is 42.7 Å². The van der Waals surface area contributed by atoms with E-state index < -0.39 is 0 Å². The molecule has 0 radical (unpaired) electrons. The third-order valence-corrected chi connectivity index (χ3v) is 6.83. The topological polar surface area (TPSA) is 74.6 Å². The minimum absolute atomic E-state index is 0.129. The van der Waals surface area contributed by atoms with Gasteiger partial charge in [-0.1, -0.05) is 0 Å². The molecule has 1 saturated heterocycles. The van der Waals surface area contributed by atoms with E-state index in [2.05, 4.69) is 32.9 Å². The first-order chi connectivity index (χ1) is 14.7. The average molecular weight is 423 g/mol. The highest BCUT2D eigenvalue weighted by atomic mass is 32.2. The number of aromatic nitrogens is 3. The number of carbonyl (C=O) groups is 1. The molecule has 2 aliphatic rings. The molecule has 7 nitrogen and oxygen atoms in total. The molecule has 3 aromatic rings. The number of rotatable bonds is 7. The van der Waals surface area contributed by atoms with Crippen molar-refractivity contribution < 1.29 is 4.79 Å². The van der Waals surface area contributed by atoms with Crippen LogP contribution in [0.1, 0.15) is 48.7 Å². The number of carbonyl (C=O) groups excluding carboxylic acids is 1. The quantitative estimate of drug-likeness (QED) is 0.563. The monoisotopic (exact) mass is 422 g/mol. The minimum atomic E-state index is -0.129. The Balaban J connectivity index is 1.24. The largest absolute Gasteiger partial charge is 0.352 e. The van der Waals surface area contributed by atoms with Gasteiger partial charge in [0, 0.05) is 42.0 Å². The van der Waals surface area contributed by atoms with E-state index in [0.717, 1.165) is 34.5 Å². The molecule has 1 saturated carbocycles. The normalized spacial score (nSPS) is 18.7. The minimum Gasteiger partial charge on any atom is -0.352 e. The molecule has 156 valence electrons. The summed E-state index contributed by atoms with van der Waals surface area (Å²) in [6.45, 7) is 3.66. The molecule has 2 fully saturated rings. The average Bonchev–Trinajstić information content (AvgIpc) is 3.34. The number of amides is 1. The summed E-state index contributed by atoms with van der Waals surface area (Å²) < 4.78 is 5.16. The smallest absolute Gasteiger partial charge is 0.253 e. The predicted molar refractivity (Wildman–Crippen MR) is 121 cm³/mol. The molecule has 1 aliphatic heterocycles. The van der Waals surface area contributed by atoms with Crippen molar-refractivity contribution in [2.24, 2.45) is 0 Å². The van der Waals surface area contributed by atoms with Gasteiger partial charge in [0.05, 0.1) is 23.3 Å². The Morgan fingerprint density at radius 2 is 2.13 bits per heavy atom. The SMILES string of the molecule is CC1CCCN1c1cc2ccc(C(=O)NCc3cc(NSC4CC4)ccn3)cn2n1. The molecule has 8 heteroatoms. The van der Waals surface area contributed by atoms with Crippen molar-refractivity contribution in [2.75, 3.05) is 16.2 Å². The van der Waals surface area contributed by atoms with Crippen LogP contribution < -0.4 is 14.9 Å². The van der Waals surface area contributed by atoms with Crippen molar-refractivity contribution in [3.63, 3.8) is 0 Å². The van der Waals surface area contributed by atoms with E-state index in [1.165, 1.54) is 25.7 Å². The van der Waals surface area contributed by atoms with Crippen LogP contribution in [0.5, 0.6) is 0 Å². The van der Waals surface area contributed by atoms with Gasteiger partial charge in [-0.2, -0.15) is 5.10 Å².